The largest absolute Gasteiger partial charge is 0.392 e. The van der Waals surface area contributed by atoms with E-state index in [4.69, 9.17) is 5.11 Å². The van der Waals surface area contributed by atoms with Gasteiger partial charge in [-0.1, -0.05) is 17.7 Å². The molecule has 0 radical (unpaired) electrons. The lowest BCUT2D eigenvalue weighted by molar-refractivity contribution is 0.281. The Bertz CT molecular complexity index is 896. The van der Waals surface area contributed by atoms with E-state index in [-0.39, 0.29) is 11.5 Å². The molecule has 0 saturated carbocycles. The summed E-state index contributed by atoms with van der Waals surface area (Å²) in [4.78, 5) is 4.37. The van der Waals surface area contributed by atoms with Gasteiger partial charge in [0, 0.05) is 17.8 Å². The van der Waals surface area contributed by atoms with Crippen LogP contribution < -0.4 is 0 Å². The van der Waals surface area contributed by atoms with Crippen LogP contribution >= 0.6 is 0 Å². The van der Waals surface area contributed by atoms with E-state index in [9.17, 15) is 8.42 Å². The molecule has 3 rings (SSSR count). The third kappa shape index (κ3) is 2.32. The summed E-state index contributed by atoms with van der Waals surface area (Å²) in [5.41, 5.74) is 2.00. The van der Waals surface area contributed by atoms with Crippen LogP contribution in [0, 0.1) is 6.92 Å². The van der Waals surface area contributed by atoms with Crippen molar-refractivity contribution in [2.24, 2.45) is 0 Å². The lowest BCUT2D eigenvalue weighted by Crippen LogP contribution is -2.12. The molecule has 6 heteroatoms. The van der Waals surface area contributed by atoms with Gasteiger partial charge in [-0.25, -0.2) is 17.4 Å². The van der Waals surface area contributed by atoms with E-state index < -0.39 is 10.0 Å². The van der Waals surface area contributed by atoms with Gasteiger partial charge in [-0.3, -0.25) is 0 Å². The smallest absolute Gasteiger partial charge is 0.269 e. The maximum absolute atomic E-state index is 12.6. The number of fused-ring (bicyclic) bond motifs is 1. The summed E-state index contributed by atoms with van der Waals surface area (Å²) in [5, 5.41) is 9.78. The highest BCUT2D eigenvalue weighted by molar-refractivity contribution is 7.90. The van der Waals surface area contributed by atoms with Crippen molar-refractivity contribution >= 4 is 21.1 Å². The number of aryl methyl sites for hydroxylation is 1. The van der Waals surface area contributed by atoms with Gasteiger partial charge in [0.25, 0.3) is 10.0 Å². The van der Waals surface area contributed by atoms with Crippen LogP contribution in [0.5, 0.6) is 0 Å². The summed E-state index contributed by atoms with van der Waals surface area (Å²) in [5.74, 6) is 0. The first-order valence-corrected chi connectivity index (χ1v) is 7.85. The number of aromatic nitrogens is 2. The number of aliphatic hydroxyl groups excluding tert-OH is 1. The molecule has 0 saturated heterocycles. The van der Waals surface area contributed by atoms with Crippen LogP contribution in [0.2, 0.25) is 0 Å². The van der Waals surface area contributed by atoms with E-state index in [0.29, 0.717) is 16.6 Å². The van der Waals surface area contributed by atoms with E-state index in [1.807, 2.05) is 6.92 Å². The molecule has 5 nitrogen and oxygen atoms in total. The lowest BCUT2D eigenvalue weighted by Gasteiger charge is -2.07. The standard InChI is InChI=1S/C15H14N2O3S/c1-11-2-4-14(5-3-11)21(19,20)17-7-6-13-8-12(10-18)9-16-15(13)17/h2-9,18H,10H2,1H3. The van der Waals surface area contributed by atoms with E-state index in [1.54, 1.807) is 36.4 Å². The zero-order valence-corrected chi connectivity index (χ0v) is 12.2. The molecule has 0 aliphatic carbocycles. The fourth-order valence-electron chi connectivity index (χ4n) is 2.15. The molecule has 0 fully saturated rings. The van der Waals surface area contributed by atoms with Crippen molar-refractivity contribution in [1.82, 2.24) is 8.96 Å². The van der Waals surface area contributed by atoms with Gasteiger partial charge in [-0.2, -0.15) is 0 Å². The summed E-state index contributed by atoms with van der Waals surface area (Å²) in [6.45, 7) is 1.78. The van der Waals surface area contributed by atoms with Crippen LogP contribution in [0.3, 0.4) is 0 Å². The number of hydrogen-bond donors (Lipinski definition) is 1. The average molecular weight is 302 g/mol. The van der Waals surface area contributed by atoms with Crippen molar-refractivity contribution < 1.29 is 13.5 Å². The molecule has 108 valence electrons. The van der Waals surface area contributed by atoms with E-state index in [2.05, 4.69) is 4.98 Å². The maximum atomic E-state index is 12.6. The maximum Gasteiger partial charge on any atom is 0.269 e. The van der Waals surface area contributed by atoms with Crippen molar-refractivity contribution in [1.29, 1.82) is 0 Å². The van der Waals surface area contributed by atoms with Crippen LogP contribution in [0.4, 0.5) is 0 Å². The average Bonchev–Trinajstić information content (AvgIpc) is 2.91. The molecule has 0 spiro atoms. The minimum absolute atomic E-state index is 0.126. The molecule has 0 unspecified atom stereocenters. The van der Waals surface area contributed by atoms with Crippen LogP contribution in [-0.2, 0) is 16.6 Å². The molecule has 1 aromatic carbocycles. The minimum atomic E-state index is -3.67. The van der Waals surface area contributed by atoms with Crippen molar-refractivity contribution in [2.75, 3.05) is 0 Å². The normalized spacial score (nSPS) is 11.9. The predicted molar refractivity (Wildman–Crippen MR) is 79.4 cm³/mol. The highest BCUT2D eigenvalue weighted by Crippen LogP contribution is 2.21. The molecule has 0 atom stereocenters. The number of hydrogen-bond acceptors (Lipinski definition) is 4. The molecule has 0 aliphatic heterocycles. The molecule has 2 aromatic heterocycles. The quantitative estimate of drug-likeness (QED) is 0.804. The summed E-state index contributed by atoms with van der Waals surface area (Å²) >= 11 is 0. The first-order chi connectivity index (χ1) is 10.0. The predicted octanol–water partition coefficient (Wildman–Crippen LogP) is 2.07. The molecule has 3 aromatic rings. The summed E-state index contributed by atoms with van der Waals surface area (Å²) in [7, 11) is -3.67. The highest BCUT2D eigenvalue weighted by Gasteiger charge is 2.19. The van der Waals surface area contributed by atoms with Crippen molar-refractivity contribution in [2.45, 2.75) is 18.4 Å². The number of rotatable bonds is 3. The van der Waals surface area contributed by atoms with Crippen molar-refractivity contribution in [3.05, 3.63) is 59.9 Å². The van der Waals surface area contributed by atoms with Crippen LogP contribution in [0.1, 0.15) is 11.1 Å². The molecule has 1 N–H and O–H groups in total. The Morgan fingerprint density at radius 3 is 2.57 bits per heavy atom. The Labute approximate surface area is 122 Å². The number of benzene rings is 1. The van der Waals surface area contributed by atoms with Gasteiger partial charge in [-0.05, 0) is 36.8 Å². The Balaban J connectivity index is 2.17. The van der Waals surface area contributed by atoms with Crippen molar-refractivity contribution in [3.63, 3.8) is 0 Å². The molecule has 0 bridgehead atoms. The fraction of sp³-hybridized carbons (Fsp3) is 0.133. The second kappa shape index (κ2) is 4.98. The van der Waals surface area contributed by atoms with Crippen LogP contribution in [-0.4, -0.2) is 22.5 Å². The number of nitrogens with zero attached hydrogens (tertiary/aromatic N) is 2. The van der Waals surface area contributed by atoms with Crippen LogP contribution in [0.15, 0.2) is 53.7 Å². The van der Waals surface area contributed by atoms with E-state index in [0.717, 1.165) is 9.54 Å². The fourth-order valence-corrected chi connectivity index (χ4v) is 3.46. The Hall–Kier alpha value is -2.18. The van der Waals surface area contributed by atoms with E-state index in [1.165, 1.54) is 12.4 Å². The molecular formula is C15H14N2O3S. The first kappa shape index (κ1) is 13.8. The molecule has 2 heterocycles. The zero-order chi connectivity index (χ0) is 15.0. The minimum Gasteiger partial charge on any atom is -0.392 e. The van der Waals surface area contributed by atoms with Gasteiger partial charge in [0.15, 0.2) is 5.65 Å². The number of pyridine rings is 1. The second-order valence-electron chi connectivity index (χ2n) is 4.84. The topological polar surface area (TPSA) is 72.2 Å². The third-order valence-electron chi connectivity index (χ3n) is 3.31. The van der Waals surface area contributed by atoms with Crippen molar-refractivity contribution in [3.8, 4) is 0 Å². The Morgan fingerprint density at radius 1 is 1.19 bits per heavy atom. The molecule has 0 amide bonds. The first-order valence-electron chi connectivity index (χ1n) is 6.41. The third-order valence-corrected chi connectivity index (χ3v) is 4.99. The van der Waals surface area contributed by atoms with Gasteiger partial charge in [-0.15, -0.1) is 0 Å². The van der Waals surface area contributed by atoms with Gasteiger partial charge in [0.05, 0.1) is 11.5 Å². The zero-order valence-electron chi connectivity index (χ0n) is 11.4. The number of aliphatic hydroxyl groups is 1. The van der Waals surface area contributed by atoms with Crippen LogP contribution in [0.25, 0.3) is 11.0 Å². The van der Waals surface area contributed by atoms with Gasteiger partial charge >= 0.3 is 0 Å². The lowest BCUT2D eigenvalue weighted by atomic mass is 10.2. The Morgan fingerprint density at radius 2 is 1.90 bits per heavy atom. The Kier molecular flexibility index (Phi) is 3.27. The summed E-state index contributed by atoms with van der Waals surface area (Å²) < 4.78 is 26.5. The molecular weight excluding hydrogens is 288 g/mol. The second-order valence-corrected chi connectivity index (χ2v) is 6.66. The van der Waals surface area contributed by atoms with Gasteiger partial charge in [0.2, 0.25) is 0 Å². The van der Waals surface area contributed by atoms with Gasteiger partial charge in [0.1, 0.15) is 0 Å². The molecule has 0 aliphatic rings. The highest BCUT2D eigenvalue weighted by atomic mass is 32.2. The SMILES string of the molecule is Cc1ccc(S(=O)(=O)n2ccc3cc(CO)cnc32)cc1. The summed E-state index contributed by atoms with van der Waals surface area (Å²) in [6, 6.07) is 10.1. The molecule has 21 heavy (non-hydrogen) atoms. The summed E-state index contributed by atoms with van der Waals surface area (Å²) in [6.07, 6.45) is 2.96. The van der Waals surface area contributed by atoms with Gasteiger partial charge < -0.3 is 5.11 Å². The van der Waals surface area contributed by atoms with E-state index >= 15 is 0 Å². The monoisotopic (exact) mass is 302 g/mol.